The molecule has 1 aliphatic rings. The molecule has 1 heterocycles. The Hall–Kier alpha value is -2.67. The highest BCUT2D eigenvalue weighted by molar-refractivity contribution is 7.89. The Morgan fingerprint density at radius 3 is 2.41 bits per heavy atom. The summed E-state index contributed by atoms with van der Waals surface area (Å²) >= 11 is 6.85. The lowest BCUT2D eigenvalue weighted by Gasteiger charge is -2.15. The van der Waals surface area contributed by atoms with E-state index in [0.29, 0.717) is 16.6 Å². The Morgan fingerprint density at radius 2 is 1.79 bits per heavy atom. The third kappa shape index (κ3) is 3.79. The van der Waals surface area contributed by atoms with Crippen molar-refractivity contribution in [1.29, 1.82) is 0 Å². The Kier molecular flexibility index (Phi) is 5.17. The normalized spacial score (nSPS) is 16.7. The number of benzene rings is 2. The predicted octanol–water partition coefficient (Wildman–Crippen LogP) is 4.82. The van der Waals surface area contributed by atoms with Gasteiger partial charge in [-0.2, -0.15) is 5.10 Å². The number of nitrogens with zero attached hydrogens (tertiary/aromatic N) is 2. The van der Waals surface area contributed by atoms with E-state index in [1.165, 1.54) is 12.1 Å². The third-order valence-electron chi connectivity index (χ3n) is 4.99. The van der Waals surface area contributed by atoms with Gasteiger partial charge in [0.05, 0.1) is 21.3 Å². The van der Waals surface area contributed by atoms with Gasteiger partial charge in [0.2, 0.25) is 10.0 Å². The molecule has 4 rings (SSSR count). The van der Waals surface area contributed by atoms with Gasteiger partial charge in [-0.1, -0.05) is 67.1 Å². The number of rotatable bonds is 4. The van der Waals surface area contributed by atoms with Gasteiger partial charge in [-0.05, 0) is 42.2 Å². The summed E-state index contributed by atoms with van der Waals surface area (Å²) in [4.78, 5) is 0.0507. The summed E-state index contributed by atoms with van der Waals surface area (Å²) in [5.41, 5.74) is 4.19. The average Bonchev–Trinajstić information content (AvgIpc) is 3.05. The minimum atomic E-state index is -3.76. The Labute approximate surface area is 175 Å². The number of halogens is 1. The Morgan fingerprint density at radius 1 is 1.10 bits per heavy atom. The van der Waals surface area contributed by atoms with Gasteiger partial charge < -0.3 is 0 Å². The lowest BCUT2D eigenvalue weighted by Crippen LogP contribution is -2.12. The minimum Gasteiger partial charge on any atom is -0.231 e. The van der Waals surface area contributed by atoms with Gasteiger partial charge in [0, 0.05) is 5.56 Å². The molecule has 5 nitrogen and oxygen atoms in total. The third-order valence-corrected chi connectivity index (χ3v) is 6.28. The van der Waals surface area contributed by atoms with E-state index in [4.69, 9.17) is 21.8 Å². The van der Waals surface area contributed by atoms with Crippen molar-refractivity contribution in [3.05, 3.63) is 83.5 Å². The SMILES string of the molecule is CC1CC=CC=C1c1nn(-c2ccc(S(N)(=O)=O)cc2)c(-c2ccccc2)c1Cl. The van der Waals surface area contributed by atoms with Gasteiger partial charge in [-0.15, -0.1) is 0 Å². The van der Waals surface area contributed by atoms with Gasteiger partial charge in [-0.25, -0.2) is 18.2 Å². The summed E-state index contributed by atoms with van der Waals surface area (Å²) in [5.74, 6) is 0.300. The van der Waals surface area contributed by atoms with E-state index in [2.05, 4.69) is 13.0 Å². The zero-order valence-electron chi connectivity index (χ0n) is 15.8. The number of allylic oxidation sites excluding steroid dienone is 4. The topological polar surface area (TPSA) is 78.0 Å². The summed E-state index contributed by atoms with van der Waals surface area (Å²) < 4.78 is 24.9. The lowest BCUT2D eigenvalue weighted by molar-refractivity contribution is 0.598. The van der Waals surface area contributed by atoms with E-state index in [9.17, 15) is 8.42 Å². The molecule has 1 aromatic heterocycles. The van der Waals surface area contributed by atoms with E-state index in [0.717, 1.165) is 28.9 Å². The molecule has 3 aromatic rings. The van der Waals surface area contributed by atoms with Crippen molar-refractivity contribution < 1.29 is 8.42 Å². The molecule has 0 radical (unpaired) electrons. The van der Waals surface area contributed by atoms with Crippen molar-refractivity contribution in [2.75, 3.05) is 0 Å². The molecule has 0 aliphatic heterocycles. The van der Waals surface area contributed by atoms with Crippen LogP contribution in [0, 0.1) is 5.92 Å². The second-order valence-electron chi connectivity index (χ2n) is 7.01. The summed E-state index contributed by atoms with van der Waals surface area (Å²) in [6.07, 6.45) is 7.13. The standard InChI is InChI=1S/C22H20ClN3O2S/c1-15-7-5-6-10-19(15)21-20(23)22(16-8-3-2-4-9-16)26(25-21)17-11-13-18(14-12-17)29(24,27)28/h2-6,8-15H,7H2,1H3,(H2,24,27,28). The Balaban J connectivity index is 1.92. The lowest BCUT2D eigenvalue weighted by atomic mass is 9.91. The van der Waals surface area contributed by atoms with Crippen LogP contribution in [0.4, 0.5) is 0 Å². The fourth-order valence-electron chi connectivity index (χ4n) is 3.45. The highest BCUT2D eigenvalue weighted by Crippen LogP contribution is 2.39. The molecule has 7 heteroatoms. The quantitative estimate of drug-likeness (QED) is 0.650. The number of hydrogen-bond donors (Lipinski definition) is 1. The van der Waals surface area contributed by atoms with Gasteiger partial charge in [-0.3, -0.25) is 0 Å². The summed E-state index contributed by atoms with van der Waals surface area (Å²) in [6.45, 7) is 2.15. The van der Waals surface area contributed by atoms with Crippen LogP contribution in [0.15, 0.2) is 77.7 Å². The Bertz CT molecular complexity index is 1210. The number of aromatic nitrogens is 2. The maximum Gasteiger partial charge on any atom is 0.238 e. The van der Waals surface area contributed by atoms with Crippen molar-refractivity contribution >= 4 is 27.2 Å². The second-order valence-corrected chi connectivity index (χ2v) is 8.95. The first kappa shape index (κ1) is 19.6. The van der Waals surface area contributed by atoms with Crippen LogP contribution in [-0.4, -0.2) is 18.2 Å². The molecule has 0 spiro atoms. The molecule has 1 atom stereocenters. The minimum absolute atomic E-state index is 0.0507. The number of hydrogen-bond acceptors (Lipinski definition) is 3. The van der Waals surface area contributed by atoms with Gasteiger partial charge in [0.1, 0.15) is 5.69 Å². The van der Waals surface area contributed by atoms with Crippen molar-refractivity contribution in [1.82, 2.24) is 9.78 Å². The van der Waals surface area contributed by atoms with Crippen molar-refractivity contribution in [3.63, 3.8) is 0 Å². The number of primary sulfonamides is 1. The van der Waals surface area contributed by atoms with Crippen molar-refractivity contribution in [2.24, 2.45) is 11.1 Å². The fourth-order valence-corrected chi connectivity index (χ4v) is 4.30. The molecule has 2 N–H and O–H groups in total. The number of sulfonamides is 1. The van der Waals surface area contributed by atoms with Crippen molar-refractivity contribution in [2.45, 2.75) is 18.2 Å². The highest BCUT2D eigenvalue weighted by Gasteiger charge is 2.24. The molecule has 0 bridgehead atoms. The smallest absolute Gasteiger partial charge is 0.231 e. The highest BCUT2D eigenvalue weighted by atomic mass is 35.5. The molecule has 29 heavy (non-hydrogen) atoms. The predicted molar refractivity (Wildman–Crippen MR) is 116 cm³/mol. The molecular formula is C22H20ClN3O2S. The van der Waals surface area contributed by atoms with Gasteiger partial charge in [0.15, 0.2) is 0 Å². The maximum absolute atomic E-state index is 11.6. The number of nitrogens with two attached hydrogens (primary N) is 1. The largest absolute Gasteiger partial charge is 0.238 e. The van der Waals surface area contributed by atoms with Crippen LogP contribution in [0.3, 0.4) is 0 Å². The average molecular weight is 426 g/mol. The van der Waals surface area contributed by atoms with Crippen LogP contribution < -0.4 is 5.14 Å². The molecule has 2 aromatic carbocycles. The van der Waals surface area contributed by atoms with E-state index >= 15 is 0 Å². The molecular weight excluding hydrogens is 406 g/mol. The summed E-state index contributed by atoms with van der Waals surface area (Å²) in [5, 5.41) is 10.6. The van der Waals surface area contributed by atoms with E-state index < -0.39 is 10.0 Å². The summed E-state index contributed by atoms with van der Waals surface area (Å²) in [7, 11) is -3.76. The van der Waals surface area contributed by atoms with Crippen LogP contribution in [0.5, 0.6) is 0 Å². The van der Waals surface area contributed by atoms with E-state index in [1.54, 1.807) is 16.8 Å². The molecule has 0 saturated heterocycles. The monoisotopic (exact) mass is 425 g/mol. The van der Waals surface area contributed by atoms with Crippen LogP contribution in [-0.2, 0) is 10.0 Å². The van der Waals surface area contributed by atoms with Crippen LogP contribution in [0.1, 0.15) is 19.0 Å². The molecule has 148 valence electrons. The van der Waals surface area contributed by atoms with Crippen molar-refractivity contribution in [3.8, 4) is 16.9 Å². The van der Waals surface area contributed by atoms with Gasteiger partial charge in [0.25, 0.3) is 0 Å². The molecule has 0 saturated carbocycles. The first-order valence-corrected chi connectivity index (χ1v) is 11.1. The fraction of sp³-hybridized carbons (Fsp3) is 0.136. The van der Waals surface area contributed by atoms with E-state index in [1.807, 2.05) is 42.5 Å². The first-order chi connectivity index (χ1) is 13.9. The maximum atomic E-state index is 11.6. The summed E-state index contributed by atoms with van der Waals surface area (Å²) in [6, 6.07) is 16.1. The zero-order valence-corrected chi connectivity index (χ0v) is 17.4. The molecule has 1 unspecified atom stereocenters. The zero-order chi connectivity index (χ0) is 20.6. The van der Waals surface area contributed by atoms with E-state index in [-0.39, 0.29) is 4.90 Å². The van der Waals surface area contributed by atoms with Crippen LogP contribution in [0.2, 0.25) is 5.02 Å². The van der Waals surface area contributed by atoms with Gasteiger partial charge >= 0.3 is 0 Å². The van der Waals surface area contributed by atoms with Crippen LogP contribution >= 0.6 is 11.6 Å². The molecule has 0 fully saturated rings. The second kappa shape index (κ2) is 7.63. The molecule has 1 aliphatic carbocycles. The molecule has 0 amide bonds. The van der Waals surface area contributed by atoms with Crippen LogP contribution in [0.25, 0.3) is 22.5 Å². The first-order valence-electron chi connectivity index (χ1n) is 9.20.